The second kappa shape index (κ2) is 5.83. The van der Waals surface area contributed by atoms with Gasteiger partial charge in [-0.15, -0.1) is 11.3 Å². The molecule has 0 saturated carbocycles. The number of halogens is 4. The van der Waals surface area contributed by atoms with Crippen molar-refractivity contribution in [1.29, 1.82) is 0 Å². The molecule has 0 atom stereocenters. The number of anilines is 1. The van der Waals surface area contributed by atoms with Crippen molar-refractivity contribution in [2.75, 3.05) is 5.32 Å². The Bertz CT molecular complexity index is 600. The Morgan fingerprint density at radius 2 is 2.06 bits per heavy atom. The van der Waals surface area contributed by atoms with Gasteiger partial charge in [0.15, 0.2) is 11.0 Å². The third-order valence-corrected chi connectivity index (χ3v) is 5.84. The number of rotatable bonds is 2. The first-order chi connectivity index (χ1) is 8.49. The summed E-state index contributed by atoms with van der Waals surface area (Å²) in [7, 11) is 0. The maximum absolute atomic E-state index is 11.9. The summed E-state index contributed by atoms with van der Waals surface area (Å²) in [5, 5.41) is 2.78. The van der Waals surface area contributed by atoms with E-state index in [2.05, 4.69) is 47.1 Å². The molecule has 0 aromatic carbocycles. The maximum Gasteiger partial charge on any atom is 0.267 e. The highest BCUT2D eigenvalue weighted by Crippen LogP contribution is 2.33. The van der Waals surface area contributed by atoms with Crippen LogP contribution in [-0.2, 0) is 0 Å². The molecule has 0 spiro atoms. The lowest BCUT2D eigenvalue weighted by atomic mass is 10.4. The van der Waals surface area contributed by atoms with Crippen molar-refractivity contribution in [2.45, 2.75) is 0 Å². The maximum atomic E-state index is 11.9. The van der Waals surface area contributed by atoms with Gasteiger partial charge in [-0.1, -0.05) is 23.2 Å². The van der Waals surface area contributed by atoms with Gasteiger partial charge in [0, 0.05) is 4.47 Å². The third kappa shape index (κ3) is 3.03. The molecule has 94 valence electrons. The van der Waals surface area contributed by atoms with Crippen molar-refractivity contribution >= 4 is 78.1 Å². The van der Waals surface area contributed by atoms with Crippen LogP contribution in [0.4, 0.5) is 5.82 Å². The van der Waals surface area contributed by atoms with Gasteiger partial charge in [0.1, 0.15) is 11.3 Å². The summed E-state index contributed by atoms with van der Waals surface area (Å²) in [5.74, 6) is -0.134. The summed E-state index contributed by atoms with van der Waals surface area (Å²) in [5.41, 5.74) is 0. The number of thiophene rings is 1. The highest BCUT2D eigenvalue weighted by molar-refractivity contribution is 9.13. The topological polar surface area (TPSA) is 54.9 Å². The van der Waals surface area contributed by atoms with Crippen molar-refractivity contribution in [3.05, 3.63) is 35.7 Å². The number of aromatic nitrogens is 2. The van der Waals surface area contributed by atoms with Crippen LogP contribution in [0.1, 0.15) is 9.67 Å². The molecule has 9 heteroatoms. The number of hydrogen-bond donors (Lipinski definition) is 1. The molecule has 1 N–H and O–H groups in total. The van der Waals surface area contributed by atoms with Gasteiger partial charge in [-0.2, -0.15) is 0 Å². The number of nitrogens with zero attached hydrogens (tertiary/aromatic N) is 2. The molecule has 0 aliphatic carbocycles. The number of carbonyl (C=O) groups is 1. The van der Waals surface area contributed by atoms with E-state index in [0.717, 1.165) is 8.26 Å². The molecule has 0 unspecified atom stereocenters. The van der Waals surface area contributed by atoms with Crippen molar-refractivity contribution in [3.8, 4) is 0 Å². The largest absolute Gasteiger partial charge is 0.304 e. The second-order valence-electron chi connectivity index (χ2n) is 3.01. The van der Waals surface area contributed by atoms with E-state index in [1.807, 2.05) is 0 Å². The second-order valence-corrected chi connectivity index (χ2v) is 6.97. The molecule has 0 aliphatic heterocycles. The Hall–Kier alpha value is -0.210. The number of hydrogen-bond acceptors (Lipinski definition) is 4. The lowest BCUT2D eigenvalue weighted by Gasteiger charge is -2.04. The molecule has 2 aromatic heterocycles. The molecule has 1 amide bonds. The zero-order chi connectivity index (χ0) is 13.3. The fourth-order valence-corrected chi connectivity index (χ4v) is 3.27. The minimum atomic E-state index is -0.317. The zero-order valence-electron chi connectivity index (χ0n) is 8.38. The van der Waals surface area contributed by atoms with Crippen molar-refractivity contribution in [1.82, 2.24) is 9.97 Å². The molecule has 2 rings (SSSR count). The molecule has 0 bridgehead atoms. The van der Waals surface area contributed by atoms with Crippen molar-refractivity contribution < 1.29 is 4.79 Å². The Labute approximate surface area is 133 Å². The normalized spacial score (nSPS) is 10.4. The number of carbonyl (C=O) groups excluding carboxylic acids is 1. The number of nitrogens with one attached hydrogen (secondary N) is 1. The zero-order valence-corrected chi connectivity index (χ0v) is 13.9. The Morgan fingerprint density at radius 3 is 2.67 bits per heavy atom. The van der Waals surface area contributed by atoms with Crippen molar-refractivity contribution in [2.24, 2.45) is 0 Å². The highest BCUT2D eigenvalue weighted by Gasteiger charge is 2.15. The van der Waals surface area contributed by atoms with E-state index >= 15 is 0 Å². The third-order valence-electron chi connectivity index (χ3n) is 1.85. The van der Waals surface area contributed by atoms with Crippen LogP contribution in [-0.4, -0.2) is 15.9 Å². The van der Waals surface area contributed by atoms with E-state index in [0.29, 0.717) is 4.88 Å². The van der Waals surface area contributed by atoms with Crippen LogP contribution < -0.4 is 5.32 Å². The first-order valence-electron chi connectivity index (χ1n) is 4.41. The molecule has 0 radical (unpaired) electrons. The molecule has 0 aliphatic rings. The SMILES string of the molecule is O=C(Nc1ncnc(Cl)c1Cl)c1cc(Br)c(Br)s1. The van der Waals surface area contributed by atoms with E-state index in [1.54, 1.807) is 6.07 Å². The van der Waals surface area contributed by atoms with Crippen LogP contribution >= 0.6 is 66.4 Å². The van der Waals surface area contributed by atoms with Gasteiger partial charge in [0.2, 0.25) is 0 Å². The summed E-state index contributed by atoms with van der Waals surface area (Å²) in [6.07, 6.45) is 1.23. The van der Waals surface area contributed by atoms with Gasteiger partial charge in [-0.3, -0.25) is 4.79 Å². The van der Waals surface area contributed by atoms with Gasteiger partial charge < -0.3 is 5.32 Å². The lowest BCUT2D eigenvalue weighted by Crippen LogP contribution is -2.12. The van der Waals surface area contributed by atoms with Crippen LogP contribution in [0.5, 0.6) is 0 Å². The molecule has 2 aromatic rings. The van der Waals surface area contributed by atoms with E-state index in [9.17, 15) is 4.79 Å². The monoisotopic (exact) mass is 429 g/mol. The first kappa shape index (κ1) is 14.2. The quantitative estimate of drug-likeness (QED) is 0.706. The van der Waals surface area contributed by atoms with E-state index in [4.69, 9.17) is 23.2 Å². The lowest BCUT2D eigenvalue weighted by molar-refractivity contribution is 0.103. The standard InChI is InChI=1S/C9H3Br2Cl2N3OS/c10-3-1-4(18-6(3)11)9(17)16-8-5(12)7(13)14-2-15-8/h1-2H,(H,14,15,16,17). The summed E-state index contributed by atoms with van der Waals surface area (Å²) in [6.45, 7) is 0. The molecule has 0 fully saturated rings. The molecule has 2 heterocycles. The molecular weight excluding hydrogens is 429 g/mol. The van der Waals surface area contributed by atoms with Crippen LogP contribution in [0.25, 0.3) is 0 Å². The van der Waals surface area contributed by atoms with Gasteiger partial charge >= 0.3 is 0 Å². The molecule has 4 nitrogen and oxygen atoms in total. The smallest absolute Gasteiger partial charge is 0.267 e. The predicted octanol–water partition coefficient (Wildman–Crippen LogP) is 4.62. The highest BCUT2D eigenvalue weighted by atomic mass is 79.9. The minimum Gasteiger partial charge on any atom is -0.304 e. The Balaban J connectivity index is 2.24. The molecule has 18 heavy (non-hydrogen) atoms. The van der Waals surface area contributed by atoms with Gasteiger partial charge in [0.25, 0.3) is 5.91 Å². The summed E-state index contributed by atoms with van der Waals surface area (Å²) < 4.78 is 1.64. The fourth-order valence-electron chi connectivity index (χ4n) is 1.06. The average molecular weight is 432 g/mol. The van der Waals surface area contributed by atoms with E-state index in [-0.39, 0.29) is 21.9 Å². The van der Waals surface area contributed by atoms with E-state index < -0.39 is 0 Å². The Morgan fingerprint density at radius 1 is 1.33 bits per heavy atom. The fraction of sp³-hybridized carbons (Fsp3) is 0. The molecular formula is C9H3Br2Cl2N3OS. The van der Waals surface area contributed by atoms with Gasteiger partial charge in [-0.05, 0) is 37.9 Å². The summed E-state index contributed by atoms with van der Waals surface area (Å²) in [6, 6.07) is 1.70. The van der Waals surface area contributed by atoms with Crippen LogP contribution in [0, 0.1) is 0 Å². The van der Waals surface area contributed by atoms with Gasteiger partial charge in [-0.25, -0.2) is 9.97 Å². The number of amides is 1. The van der Waals surface area contributed by atoms with Crippen LogP contribution in [0.15, 0.2) is 20.7 Å². The van der Waals surface area contributed by atoms with E-state index in [1.165, 1.54) is 17.7 Å². The average Bonchev–Trinajstić information content (AvgIpc) is 2.66. The van der Waals surface area contributed by atoms with Crippen LogP contribution in [0.3, 0.4) is 0 Å². The van der Waals surface area contributed by atoms with Crippen LogP contribution in [0.2, 0.25) is 10.2 Å². The summed E-state index contributed by atoms with van der Waals surface area (Å²) in [4.78, 5) is 20.0. The predicted molar refractivity (Wildman–Crippen MR) is 79.7 cm³/mol. The molecule has 0 saturated heterocycles. The Kier molecular flexibility index (Phi) is 4.60. The summed E-state index contributed by atoms with van der Waals surface area (Å²) >= 11 is 19.5. The van der Waals surface area contributed by atoms with Crippen molar-refractivity contribution in [3.63, 3.8) is 0 Å². The minimum absolute atomic E-state index is 0.0931. The first-order valence-corrected chi connectivity index (χ1v) is 7.57. The van der Waals surface area contributed by atoms with Gasteiger partial charge in [0.05, 0.1) is 8.66 Å².